The van der Waals surface area contributed by atoms with Crippen molar-refractivity contribution in [3.8, 4) is 0 Å². The summed E-state index contributed by atoms with van der Waals surface area (Å²) < 4.78 is 0. The molecule has 1 aliphatic rings. The molecule has 0 amide bonds. The van der Waals surface area contributed by atoms with Crippen LogP contribution in [0.3, 0.4) is 0 Å². The van der Waals surface area contributed by atoms with E-state index < -0.39 is 0 Å². The van der Waals surface area contributed by atoms with Gasteiger partial charge in [0.2, 0.25) is 0 Å². The van der Waals surface area contributed by atoms with E-state index in [1.54, 1.807) is 11.3 Å². The van der Waals surface area contributed by atoms with Gasteiger partial charge in [-0.25, -0.2) is 4.99 Å². The Kier molecular flexibility index (Phi) is 4.87. The van der Waals surface area contributed by atoms with Crippen LogP contribution in [0.1, 0.15) is 39.6 Å². The number of nitrogens with zero attached hydrogens (tertiary/aromatic N) is 1. The number of hydrogen-bond acceptors (Lipinski definition) is 3. The van der Waals surface area contributed by atoms with E-state index in [9.17, 15) is 0 Å². The Morgan fingerprint density at radius 1 is 1.19 bits per heavy atom. The smallest absolute Gasteiger partial charge is 0.141 e. The van der Waals surface area contributed by atoms with E-state index in [2.05, 4.69) is 59.7 Å². The number of nitrogens with two attached hydrogens (primary N) is 1. The van der Waals surface area contributed by atoms with Crippen molar-refractivity contribution in [3.05, 3.63) is 87.1 Å². The first-order valence-corrected chi connectivity index (χ1v) is 9.87. The molecule has 3 nitrogen and oxygen atoms in total. The molecule has 1 unspecified atom stereocenters. The first kappa shape index (κ1) is 17.0. The van der Waals surface area contributed by atoms with Gasteiger partial charge in [-0.15, -0.1) is 11.3 Å². The number of rotatable bonds is 5. The van der Waals surface area contributed by atoms with Crippen molar-refractivity contribution in [1.82, 2.24) is 5.32 Å². The first-order chi connectivity index (χ1) is 12.7. The molecule has 0 radical (unpaired) electrons. The van der Waals surface area contributed by atoms with Crippen molar-refractivity contribution in [2.45, 2.75) is 32.4 Å². The van der Waals surface area contributed by atoms with E-state index in [0.29, 0.717) is 11.9 Å². The van der Waals surface area contributed by atoms with Gasteiger partial charge in [-0.3, -0.25) is 0 Å². The summed E-state index contributed by atoms with van der Waals surface area (Å²) in [5.74, 6) is 0.590. The van der Waals surface area contributed by atoms with Gasteiger partial charge in [-0.1, -0.05) is 42.0 Å². The molecule has 0 spiro atoms. The Balaban J connectivity index is 1.46. The minimum atomic E-state index is 0.416. The maximum Gasteiger partial charge on any atom is 0.141 e. The van der Waals surface area contributed by atoms with Gasteiger partial charge < -0.3 is 11.1 Å². The van der Waals surface area contributed by atoms with Crippen LogP contribution in [0.5, 0.6) is 0 Å². The number of aryl methyl sites for hydroxylation is 2. The van der Waals surface area contributed by atoms with Crippen molar-refractivity contribution in [3.63, 3.8) is 0 Å². The fourth-order valence-electron chi connectivity index (χ4n) is 3.45. The second-order valence-electron chi connectivity index (χ2n) is 6.82. The van der Waals surface area contributed by atoms with Crippen molar-refractivity contribution < 1.29 is 0 Å². The molecular weight excluding hydrogens is 338 g/mol. The summed E-state index contributed by atoms with van der Waals surface area (Å²) >= 11 is 1.62. The van der Waals surface area contributed by atoms with Gasteiger partial charge in [0.15, 0.2) is 0 Å². The summed E-state index contributed by atoms with van der Waals surface area (Å²) in [4.78, 5) is 5.61. The quantitative estimate of drug-likeness (QED) is 0.503. The summed E-state index contributed by atoms with van der Waals surface area (Å²) in [6, 6.07) is 19.6. The third kappa shape index (κ3) is 3.71. The van der Waals surface area contributed by atoms with E-state index >= 15 is 0 Å². The Hall–Kier alpha value is -2.43. The number of amidine groups is 1. The zero-order valence-corrected chi connectivity index (χ0v) is 15.7. The highest BCUT2D eigenvalue weighted by Gasteiger charge is 2.22. The third-order valence-corrected chi connectivity index (χ3v) is 5.79. The molecule has 132 valence electrons. The Morgan fingerprint density at radius 2 is 2.04 bits per heavy atom. The molecule has 1 heterocycles. The van der Waals surface area contributed by atoms with Crippen molar-refractivity contribution in [2.75, 3.05) is 0 Å². The predicted octanol–water partition coefficient (Wildman–Crippen LogP) is 4.87. The van der Waals surface area contributed by atoms with Gasteiger partial charge in [0, 0.05) is 12.6 Å². The Labute approximate surface area is 158 Å². The van der Waals surface area contributed by atoms with Gasteiger partial charge in [0.1, 0.15) is 5.84 Å². The summed E-state index contributed by atoms with van der Waals surface area (Å²) in [6.07, 6.45) is 2.22. The van der Waals surface area contributed by atoms with Crippen LogP contribution < -0.4 is 11.1 Å². The molecule has 0 saturated heterocycles. The van der Waals surface area contributed by atoms with Crippen LogP contribution in [0.2, 0.25) is 0 Å². The number of fused-ring (bicyclic) bond motifs is 1. The summed E-state index contributed by atoms with van der Waals surface area (Å²) in [7, 11) is 0. The fraction of sp³-hybridized carbons (Fsp3) is 0.227. The molecule has 2 aromatic carbocycles. The highest BCUT2D eigenvalue weighted by molar-refractivity contribution is 7.12. The standard InChI is InChI=1S/C22H23N3S/c1-15-4-6-16(7-5-15)14-24-20-11-8-17-13-18(9-10-19(17)20)25-22(23)21-3-2-12-26-21/h2-7,9-10,12-13,20,24H,8,11,14H2,1H3,(H2,23,25). The monoisotopic (exact) mass is 361 g/mol. The molecular formula is C22H23N3S. The molecule has 3 aromatic rings. The molecule has 1 aliphatic carbocycles. The largest absolute Gasteiger partial charge is 0.383 e. The minimum absolute atomic E-state index is 0.416. The average Bonchev–Trinajstić information content (AvgIpc) is 3.31. The highest BCUT2D eigenvalue weighted by atomic mass is 32.1. The van der Waals surface area contributed by atoms with Gasteiger partial charge in [-0.05, 0) is 60.0 Å². The number of thiophene rings is 1. The van der Waals surface area contributed by atoms with Crippen LogP contribution in [0, 0.1) is 6.92 Å². The van der Waals surface area contributed by atoms with Gasteiger partial charge >= 0.3 is 0 Å². The van der Waals surface area contributed by atoms with Crippen molar-refractivity contribution >= 4 is 22.9 Å². The predicted molar refractivity (Wildman–Crippen MR) is 110 cm³/mol. The molecule has 0 aliphatic heterocycles. The van der Waals surface area contributed by atoms with E-state index in [1.165, 1.54) is 22.3 Å². The van der Waals surface area contributed by atoms with Crippen molar-refractivity contribution in [1.29, 1.82) is 0 Å². The van der Waals surface area contributed by atoms with Gasteiger partial charge in [0.25, 0.3) is 0 Å². The van der Waals surface area contributed by atoms with Gasteiger partial charge in [-0.2, -0.15) is 0 Å². The lowest BCUT2D eigenvalue weighted by molar-refractivity contribution is 0.530. The fourth-order valence-corrected chi connectivity index (χ4v) is 4.08. The lowest BCUT2D eigenvalue weighted by Gasteiger charge is -2.14. The normalized spacial score (nSPS) is 16.7. The Morgan fingerprint density at radius 3 is 2.81 bits per heavy atom. The van der Waals surface area contributed by atoms with E-state index in [1.807, 2.05) is 17.5 Å². The van der Waals surface area contributed by atoms with Crippen LogP contribution in [0.4, 0.5) is 5.69 Å². The Bertz CT molecular complexity index is 911. The number of nitrogens with one attached hydrogen (secondary N) is 1. The molecule has 0 bridgehead atoms. The maximum absolute atomic E-state index is 6.11. The third-order valence-electron chi connectivity index (χ3n) is 4.90. The number of hydrogen-bond donors (Lipinski definition) is 2. The first-order valence-electron chi connectivity index (χ1n) is 8.99. The number of benzene rings is 2. The second-order valence-corrected chi connectivity index (χ2v) is 7.76. The van der Waals surface area contributed by atoms with Crippen LogP contribution in [-0.4, -0.2) is 5.84 Å². The molecule has 1 aromatic heterocycles. The number of aliphatic imine (C=N–C) groups is 1. The highest BCUT2D eigenvalue weighted by Crippen LogP contribution is 2.34. The lowest BCUT2D eigenvalue weighted by Crippen LogP contribution is -2.18. The molecule has 4 heteroatoms. The van der Waals surface area contributed by atoms with Crippen molar-refractivity contribution in [2.24, 2.45) is 10.7 Å². The van der Waals surface area contributed by atoms with E-state index in [4.69, 9.17) is 5.73 Å². The van der Waals surface area contributed by atoms with E-state index in [-0.39, 0.29) is 0 Å². The molecule has 0 fully saturated rings. The molecule has 1 atom stereocenters. The van der Waals surface area contributed by atoms with Gasteiger partial charge in [0.05, 0.1) is 10.6 Å². The lowest BCUT2D eigenvalue weighted by atomic mass is 10.1. The summed E-state index contributed by atoms with van der Waals surface area (Å²) in [6.45, 7) is 3.02. The van der Waals surface area contributed by atoms with Crippen LogP contribution in [-0.2, 0) is 13.0 Å². The summed E-state index contributed by atoms with van der Waals surface area (Å²) in [5.41, 5.74) is 12.5. The zero-order chi connectivity index (χ0) is 17.9. The second kappa shape index (κ2) is 7.44. The molecule has 3 N–H and O–H groups in total. The SMILES string of the molecule is Cc1ccc(CNC2CCc3cc(N=C(N)c4cccs4)ccc32)cc1. The zero-order valence-electron chi connectivity index (χ0n) is 14.9. The van der Waals surface area contributed by atoms with Crippen LogP contribution in [0.15, 0.2) is 65.0 Å². The summed E-state index contributed by atoms with van der Waals surface area (Å²) in [5, 5.41) is 5.72. The van der Waals surface area contributed by atoms with Crippen LogP contribution >= 0.6 is 11.3 Å². The molecule has 0 saturated carbocycles. The van der Waals surface area contributed by atoms with E-state index in [0.717, 1.165) is 30.0 Å². The van der Waals surface area contributed by atoms with Crippen LogP contribution in [0.25, 0.3) is 0 Å². The average molecular weight is 362 g/mol. The topological polar surface area (TPSA) is 50.4 Å². The molecule has 26 heavy (non-hydrogen) atoms. The molecule has 4 rings (SSSR count). The maximum atomic E-state index is 6.11. The minimum Gasteiger partial charge on any atom is -0.383 e.